The van der Waals surface area contributed by atoms with E-state index in [-0.39, 0.29) is 11.0 Å². The maximum Gasteiger partial charge on any atom is 0.342 e. The lowest BCUT2D eigenvalue weighted by Crippen LogP contribution is -2.34. The summed E-state index contributed by atoms with van der Waals surface area (Å²) in [6.45, 7) is 10.1. The summed E-state index contributed by atoms with van der Waals surface area (Å²) < 4.78 is 5.31. The Bertz CT molecular complexity index is 630. The van der Waals surface area contributed by atoms with E-state index in [1.807, 2.05) is 18.2 Å². The number of hydrogen-bond acceptors (Lipinski definition) is 3. The lowest BCUT2D eigenvalue weighted by Gasteiger charge is -2.26. The minimum absolute atomic E-state index is 0.0352. The molecule has 3 heteroatoms. The van der Waals surface area contributed by atoms with E-state index >= 15 is 0 Å². The minimum atomic E-state index is -1.36. The lowest BCUT2D eigenvalue weighted by atomic mass is 9.87. The van der Waals surface area contributed by atoms with E-state index in [1.54, 1.807) is 30.4 Å². The maximum atomic E-state index is 12.2. The molecule has 0 aliphatic heterocycles. The molecule has 0 amide bonds. The molecule has 22 heavy (non-hydrogen) atoms. The van der Waals surface area contributed by atoms with Crippen molar-refractivity contribution in [1.82, 2.24) is 0 Å². The maximum absolute atomic E-state index is 12.2. The molecule has 0 saturated heterocycles. The van der Waals surface area contributed by atoms with Gasteiger partial charge in [-0.25, -0.2) is 4.79 Å². The Morgan fingerprint density at radius 1 is 1.23 bits per heavy atom. The van der Waals surface area contributed by atoms with E-state index in [0.29, 0.717) is 12.2 Å². The van der Waals surface area contributed by atoms with E-state index in [9.17, 15) is 9.90 Å². The average molecular weight is 298 g/mol. The molecule has 2 rings (SSSR count). The molecule has 1 N–H and O–H groups in total. The average Bonchev–Trinajstić information content (AvgIpc) is 2.47. The van der Waals surface area contributed by atoms with Gasteiger partial charge in [-0.05, 0) is 29.2 Å². The van der Waals surface area contributed by atoms with Gasteiger partial charge >= 0.3 is 5.97 Å². The van der Waals surface area contributed by atoms with Crippen LogP contribution in [0.1, 0.15) is 32.8 Å². The summed E-state index contributed by atoms with van der Waals surface area (Å²) in [6, 6.07) is 7.38. The third kappa shape index (κ3) is 3.55. The van der Waals surface area contributed by atoms with Crippen LogP contribution in [-0.2, 0) is 10.2 Å². The van der Waals surface area contributed by atoms with Crippen molar-refractivity contribution in [2.75, 3.05) is 0 Å². The van der Waals surface area contributed by atoms with Gasteiger partial charge in [0.25, 0.3) is 0 Å². The van der Waals surface area contributed by atoms with Crippen LogP contribution < -0.4 is 4.74 Å². The Morgan fingerprint density at radius 3 is 2.36 bits per heavy atom. The van der Waals surface area contributed by atoms with Crippen LogP contribution >= 0.6 is 0 Å². The number of esters is 1. The van der Waals surface area contributed by atoms with Crippen molar-refractivity contribution >= 4 is 5.97 Å². The number of benzene rings is 1. The summed E-state index contributed by atoms with van der Waals surface area (Å²) >= 11 is 0. The summed E-state index contributed by atoms with van der Waals surface area (Å²) in [5, 5.41) is 10.4. The second-order valence-electron chi connectivity index (χ2n) is 6.56. The zero-order valence-corrected chi connectivity index (χ0v) is 13.3. The fourth-order valence-corrected chi connectivity index (χ4v) is 2.20. The van der Waals surface area contributed by atoms with Crippen LogP contribution in [0.4, 0.5) is 0 Å². The second-order valence-corrected chi connectivity index (χ2v) is 6.56. The van der Waals surface area contributed by atoms with Gasteiger partial charge in [0.05, 0.1) is 5.57 Å². The number of carbonyl (C=O) groups is 1. The SMILES string of the molecule is C=C(C(=O)Oc1ccc(C(C)(C)C)cc1)C1(O)C=CC=CC1. The number of aliphatic hydroxyl groups is 1. The molecule has 1 unspecified atom stereocenters. The van der Waals surface area contributed by atoms with Crippen molar-refractivity contribution in [2.45, 2.75) is 38.2 Å². The first kappa shape index (κ1) is 16.2. The van der Waals surface area contributed by atoms with Crippen LogP contribution in [-0.4, -0.2) is 16.7 Å². The molecular formula is C19H22O3. The number of rotatable bonds is 3. The summed E-state index contributed by atoms with van der Waals surface area (Å²) in [5.41, 5.74) is -0.129. The molecule has 1 aromatic rings. The van der Waals surface area contributed by atoms with Gasteiger partial charge in [0.15, 0.2) is 0 Å². The summed E-state index contributed by atoms with van der Waals surface area (Å²) in [5.74, 6) is -0.177. The molecule has 1 aromatic carbocycles. The monoisotopic (exact) mass is 298 g/mol. The van der Waals surface area contributed by atoms with Gasteiger partial charge in [0.1, 0.15) is 11.4 Å². The smallest absolute Gasteiger partial charge is 0.342 e. The van der Waals surface area contributed by atoms with Crippen LogP contribution in [0.15, 0.2) is 60.7 Å². The largest absolute Gasteiger partial charge is 0.423 e. The Labute approximate surface area is 131 Å². The Hall–Kier alpha value is -2.13. The quantitative estimate of drug-likeness (QED) is 0.526. The number of carbonyl (C=O) groups excluding carboxylic acids is 1. The van der Waals surface area contributed by atoms with E-state index < -0.39 is 11.6 Å². The molecule has 116 valence electrons. The highest BCUT2D eigenvalue weighted by Crippen LogP contribution is 2.28. The van der Waals surface area contributed by atoms with Crippen molar-refractivity contribution in [3.05, 3.63) is 66.3 Å². The molecular weight excluding hydrogens is 276 g/mol. The Morgan fingerprint density at radius 2 is 1.86 bits per heavy atom. The Balaban J connectivity index is 2.07. The van der Waals surface area contributed by atoms with E-state index in [4.69, 9.17) is 4.74 Å². The zero-order chi connectivity index (χ0) is 16.4. The highest BCUT2D eigenvalue weighted by Gasteiger charge is 2.33. The van der Waals surface area contributed by atoms with Gasteiger partial charge in [-0.2, -0.15) is 0 Å². The first-order valence-corrected chi connectivity index (χ1v) is 7.31. The highest BCUT2D eigenvalue weighted by atomic mass is 16.5. The zero-order valence-electron chi connectivity index (χ0n) is 13.3. The van der Waals surface area contributed by atoms with E-state index in [0.717, 1.165) is 5.56 Å². The molecule has 0 spiro atoms. The van der Waals surface area contributed by atoms with Gasteiger partial charge in [0, 0.05) is 6.42 Å². The Kier molecular flexibility index (Phi) is 4.38. The van der Waals surface area contributed by atoms with Crippen LogP contribution in [0.2, 0.25) is 0 Å². The van der Waals surface area contributed by atoms with Crippen molar-refractivity contribution in [2.24, 2.45) is 0 Å². The van der Waals surface area contributed by atoms with Gasteiger partial charge < -0.3 is 9.84 Å². The van der Waals surface area contributed by atoms with E-state index in [1.165, 1.54) is 0 Å². The second kappa shape index (κ2) is 5.93. The van der Waals surface area contributed by atoms with Crippen LogP contribution in [0.3, 0.4) is 0 Å². The molecule has 0 saturated carbocycles. The van der Waals surface area contributed by atoms with Gasteiger partial charge in [-0.15, -0.1) is 0 Å². The van der Waals surface area contributed by atoms with Crippen LogP contribution in [0.5, 0.6) is 5.75 Å². The van der Waals surface area contributed by atoms with Gasteiger partial charge in [-0.1, -0.05) is 57.7 Å². The molecule has 0 radical (unpaired) electrons. The molecule has 3 nitrogen and oxygen atoms in total. The molecule has 1 aliphatic rings. The molecule has 0 bridgehead atoms. The van der Waals surface area contributed by atoms with Gasteiger partial charge in [-0.3, -0.25) is 0 Å². The third-order valence-electron chi connectivity index (χ3n) is 3.75. The summed E-state index contributed by atoms with van der Waals surface area (Å²) in [6.07, 6.45) is 7.18. The molecule has 1 aliphatic carbocycles. The number of allylic oxidation sites excluding steroid dienone is 2. The summed E-state index contributed by atoms with van der Waals surface area (Å²) in [7, 11) is 0. The topological polar surface area (TPSA) is 46.5 Å². The van der Waals surface area contributed by atoms with Crippen molar-refractivity contribution in [1.29, 1.82) is 0 Å². The number of hydrogen-bond donors (Lipinski definition) is 1. The van der Waals surface area contributed by atoms with Gasteiger partial charge in [0.2, 0.25) is 0 Å². The first-order valence-electron chi connectivity index (χ1n) is 7.31. The normalized spacial score (nSPS) is 20.7. The number of ether oxygens (including phenoxy) is 1. The highest BCUT2D eigenvalue weighted by molar-refractivity contribution is 5.92. The standard InChI is InChI=1S/C19H22O3/c1-14(19(21)12-6-5-7-13-19)17(20)22-16-10-8-15(9-11-16)18(2,3)4/h5-12,21H,1,13H2,2-4H3. The fraction of sp³-hybridized carbons (Fsp3) is 0.316. The molecule has 0 aromatic heterocycles. The van der Waals surface area contributed by atoms with Crippen molar-refractivity contribution in [3.63, 3.8) is 0 Å². The predicted octanol–water partition coefficient (Wildman–Crippen LogP) is 3.69. The van der Waals surface area contributed by atoms with Crippen molar-refractivity contribution < 1.29 is 14.6 Å². The molecule has 0 heterocycles. The molecule has 1 atom stereocenters. The lowest BCUT2D eigenvalue weighted by molar-refractivity contribution is -0.132. The van der Waals surface area contributed by atoms with Crippen LogP contribution in [0.25, 0.3) is 0 Å². The summed E-state index contributed by atoms with van der Waals surface area (Å²) in [4.78, 5) is 12.2. The fourth-order valence-electron chi connectivity index (χ4n) is 2.20. The third-order valence-corrected chi connectivity index (χ3v) is 3.75. The van der Waals surface area contributed by atoms with Crippen LogP contribution in [0, 0.1) is 0 Å². The minimum Gasteiger partial charge on any atom is -0.423 e. The van der Waals surface area contributed by atoms with E-state index in [2.05, 4.69) is 27.4 Å². The predicted molar refractivity (Wildman–Crippen MR) is 87.8 cm³/mol. The molecule has 0 fully saturated rings. The van der Waals surface area contributed by atoms with Crippen molar-refractivity contribution in [3.8, 4) is 5.75 Å². The first-order chi connectivity index (χ1) is 10.2.